The summed E-state index contributed by atoms with van der Waals surface area (Å²) >= 11 is 0. The predicted octanol–water partition coefficient (Wildman–Crippen LogP) is 1.06. The van der Waals surface area contributed by atoms with Crippen molar-refractivity contribution >= 4 is 15.8 Å². The molecule has 1 aromatic rings. The molecule has 1 aliphatic heterocycles. The second-order valence-electron chi connectivity index (χ2n) is 6.07. The normalized spacial score (nSPS) is 19.5. The summed E-state index contributed by atoms with van der Waals surface area (Å²) in [6.45, 7) is 6.63. The molecule has 7 heteroatoms. The van der Waals surface area contributed by atoms with E-state index in [4.69, 9.17) is 0 Å². The topological polar surface area (TPSA) is 74.3 Å². The Morgan fingerprint density at radius 2 is 2.27 bits per heavy atom. The maximum absolute atomic E-state index is 11.0. The van der Waals surface area contributed by atoms with Crippen molar-refractivity contribution in [1.29, 1.82) is 0 Å². The molecule has 0 amide bonds. The number of hydrogen-bond donors (Lipinski definition) is 2. The minimum Gasteiger partial charge on any atom is -0.370 e. The molecule has 0 saturated carbocycles. The molecule has 22 heavy (non-hydrogen) atoms. The van der Waals surface area contributed by atoms with Crippen molar-refractivity contribution < 1.29 is 8.42 Å². The van der Waals surface area contributed by atoms with E-state index in [1.165, 1.54) is 18.2 Å². The van der Waals surface area contributed by atoms with Gasteiger partial charge in [-0.15, -0.1) is 0 Å². The number of aryl methyl sites for hydroxylation is 1. The van der Waals surface area contributed by atoms with Gasteiger partial charge in [0.2, 0.25) is 10.0 Å². The maximum atomic E-state index is 11.0. The van der Waals surface area contributed by atoms with Gasteiger partial charge < -0.3 is 10.2 Å². The number of likely N-dealkylation sites (tertiary alicyclic amines) is 1. The van der Waals surface area contributed by atoms with Crippen LogP contribution in [0.3, 0.4) is 0 Å². The van der Waals surface area contributed by atoms with Gasteiger partial charge in [0.15, 0.2) is 0 Å². The largest absolute Gasteiger partial charge is 0.370 e. The molecule has 1 fully saturated rings. The molecule has 2 N–H and O–H groups in total. The number of nitrogens with one attached hydrogen (secondary N) is 2. The zero-order chi connectivity index (χ0) is 16.0. The SMILES string of the molecule is Cc1ccnc(NC[C@@H]2CCN(CCCNS(C)(=O)=O)C2)c1. The van der Waals surface area contributed by atoms with E-state index >= 15 is 0 Å². The Kier molecular flexibility index (Phi) is 6.16. The molecule has 2 heterocycles. The quantitative estimate of drug-likeness (QED) is 0.699. The second kappa shape index (κ2) is 7.89. The molecule has 0 bridgehead atoms. The summed E-state index contributed by atoms with van der Waals surface area (Å²) in [5.74, 6) is 1.57. The maximum Gasteiger partial charge on any atom is 0.208 e. The van der Waals surface area contributed by atoms with Crippen molar-refractivity contribution in [2.45, 2.75) is 19.8 Å². The molecule has 0 radical (unpaired) electrons. The van der Waals surface area contributed by atoms with Gasteiger partial charge in [0.05, 0.1) is 6.26 Å². The van der Waals surface area contributed by atoms with Crippen LogP contribution in [0.5, 0.6) is 0 Å². The third kappa shape index (κ3) is 6.29. The molecule has 6 nitrogen and oxygen atoms in total. The van der Waals surface area contributed by atoms with E-state index in [0.717, 1.165) is 38.4 Å². The van der Waals surface area contributed by atoms with Crippen molar-refractivity contribution in [3.8, 4) is 0 Å². The van der Waals surface area contributed by atoms with E-state index < -0.39 is 10.0 Å². The zero-order valence-electron chi connectivity index (χ0n) is 13.4. The van der Waals surface area contributed by atoms with E-state index in [0.29, 0.717) is 12.5 Å². The minimum atomic E-state index is -3.06. The standard InChI is InChI=1S/C15H26N4O2S/c1-13-4-7-16-15(10-13)17-11-14-5-9-19(12-14)8-3-6-18-22(2,20)21/h4,7,10,14,18H,3,5-6,8-9,11-12H2,1-2H3,(H,16,17)/t14-/m0/s1. The lowest BCUT2D eigenvalue weighted by Gasteiger charge is -2.16. The Hall–Kier alpha value is -1.18. The van der Waals surface area contributed by atoms with E-state index in [2.05, 4.69) is 32.9 Å². The van der Waals surface area contributed by atoms with Gasteiger partial charge in [0.1, 0.15) is 5.82 Å². The first kappa shape index (κ1) is 17.2. The summed E-state index contributed by atoms with van der Waals surface area (Å²) in [7, 11) is -3.06. The van der Waals surface area contributed by atoms with Crippen LogP contribution in [0, 0.1) is 12.8 Å². The molecule has 1 aliphatic rings. The highest BCUT2D eigenvalue weighted by Crippen LogP contribution is 2.17. The van der Waals surface area contributed by atoms with Crippen LogP contribution in [0.4, 0.5) is 5.82 Å². The van der Waals surface area contributed by atoms with Gasteiger partial charge in [0.25, 0.3) is 0 Å². The first-order valence-corrected chi connectivity index (χ1v) is 9.65. The van der Waals surface area contributed by atoms with Crippen molar-refractivity contribution in [2.24, 2.45) is 5.92 Å². The van der Waals surface area contributed by atoms with E-state index in [9.17, 15) is 8.42 Å². The minimum absolute atomic E-state index is 0.519. The molecule has 0 aromatic carbocycles. The average Bonchev–Trinajstić information content (AvgIpc) is 2.88. The number of hydrogen-bond acceptors (Lipinski definition) is 5. The molecule has 1 aromatic heterocycles. The van der Waals surface area contributed by atoms with Gasteiger partial charge in [-0.1, -0.05) is 0 Å². The third-order valence-corrected chi connectivity index (χ3v) is 4.60. The highest BCUT2D eigenvalue weighted by atomic mass is 32.2. The fourth-order valence-electron chi connectivity index (χ4n) is 2.72. The van der Waals surface area contributed by atoms with Gasteiger partial charge in [0, 0.05) is 25.8 Å². The lowest BCUT2D eigenvalue weighted by atomic mass is 10.1. The van der Waals surface area contributed by atoms with Crippen molar-refractivity contribution in [2.75, 3.05) is 44.3 Å². The molecule has 0 aliphatic carbocycles. The van der Waals surface area contributed by atoms with Crippen LogP contribution >= 0.6 is 0 Å². The Bertz CT molecular complexity index is 577. The molecule has 1 saturated heterocycles. The number of nitrogens with zero attached hydrogens (tertiary/aromatic N) is 2. The fourth-order valence-corrected chi connectivity index (χ4v) is 3.24. The van der Waals surface area contributed by atoms with Gasteiger partial charge >= 0.3 is 0 Å². The Balaban J connectivity index is 1.63. The lowest BCUT2D eigenvalue weighted by Crippen LogP contribution is -2.29. The summed E-state index contributed by atoms with van der Waals surface area (Å²) in [6.07, 6.45) is 5.06. The van der Waals surface area contributed by atoms with Crippen LogP contribution in [-0.2, 0) is 10.0 Å². The van der Waals surface area contributed by atoms with E-state index in [-0.39, 0.29) is 0 Å². The molecular formula is C15H26N4O2S. The van der Waals surface area contributed by atoms with Crippen molar-refractivity contribution in [3.05, 3.63) is 23.9 Å². The van der Waals surface area contributed by atoms with Crippen molar-refractivity contribution in [3.63, 3.8) is 0 Å². The summed E-state index contributed by atoms with van der Waals surface area (Å²) in [4.78, 5) is 6.72. The molecule has 1 atom stereocenters. The molecule has 2 rings (SSSR count). The molecule has 0 unspecified atom stereocenters. The smallest absolute Gasteiger partial charge is 0.208 e. The lowest BCUT2D eigenvalue weighted by molar-refractivity contribution is 0.322. The average molecular weight is 326 g/mol. The Labute approximate surface area is 133 Å². The second-order valence-corrected chi connectivity index (χ2v) is 7.91. The summed E-state index contributed by atoms with van der Waals surface area (Å²) in [5.41, 5.74) is 1.21. The van der Waals surface area contributed by atoms with Crippen molar-refractivity contribution in [1.82, 2.24) is 14.6 Å². The molecule has 0 spiro atoms. The highest BCUT2D eigenvalue weighted by molar-refractivity contribution is 7.88. The number of aromatic nitrogens is 1. The van der Waals surface area contributed by atoms with Gasteiger partial charge in [-0.25, -0.2) is 18.1 Å². The van der Waals surface area contributed by atoms with Crippen LogP contribution in [0.15, 0.2) is 18.3 Å². The zero-order valence-corrected chi connectivity index (χ0v) is 14.2. The molecular weight excluding hydrogens is 300 g/mol. The fraction of sp³-hybridized carbons (Fsp3) is 0.667. The molecule has 124 valence electrons. The number of pyridine rings is 1. The van der Waals surface area contributed by atoms with Crippen LogP contribution in [0.25, 0.3) is 0 Å². The van der Waals surface area contributed by atoms with Crippen LogP contribution in [-0.4, -0.2) is 57.3 Å². The van der Waals surface area contributed by atoms with Crippen LogP contribution in [0.2, 0.25) is 0 Å². The van der Waals surface area contributed by atoms with E-state index in [1.54, 1.807) is 0 Å². The summed E-state index contributed by atoms with van der Waals surface area (Å²) in [5, 5.41) is 3.41. The van der Waals surface area contributed by atoms with Gasteiger partial charge in [-0.2, -0.15) is 0 Å². The Morgan fingerprint density at radius 1 is 1.45 bits per heavy atom. The Morgan fingerprint density at radius 3 is 3.00 bits per heavy atom. The predicted molar refractivity (Wildman–Crippen MR) is 89.5 cm³/mol. The first-order valence-electron chi connectivity index (χ1n) is 7.76. The van der Waals surface area contributed by atoms with Crippen LogP contribution in [0.1, 0.15) is 18.4 Å². The van der Waals surface area contributed by atoms with E-state index in [1.807, 2.05) is 12.3 Å². The van der Waals surface area contributed by atoms with Gasteiger partial charge in [-0.05, 0) is 56.5 Å². The number of rotatable bonds is 8. The third-order valence-electron chi connectivity index (χ3n) is 3.87. The number of anilines is 1. The monoisotopic (exact) mass is 326 g/mol. The summed E-state index contributed by atoms with van der Waals surface area (Å²) in [6, 6.07) is 4.05. The number of sulfonamides is 1. The highest BCUT2D eigenvalue weighted by Gasteiger charge is 2.21. The van der Waals surface area contributed by atoms with Gasteiger partial charge in [-0.3, -0.25) is 0 Å². The van der Waals surface area contributed by atoms with Crippen LogP contribution < -0.4 is 10.0 Å². The summed E-state index contributed by atoms with van der Waals surface area (Å²) < 4.78 is 24.5. The first-order chi connectivity index (χ1) is 10.4.